The van der Waals surface area contributed by atoms with Crippen molar-refractivity contribution in [1.82, 2.24) is 0 Å². The third kappa shape index (κ3) is 8.49. The molecule has 0 aromatic heterocycles. The van der Waals surface area contributed by atoms with Crippen molar-refractivity contribution in [2.45, 2.75) is 117 Å². The van der Waals surface area contributed by atoms with E-state index in [-0.39, 0.29) is 59.0 Å². The Labute approximate surface area is 354 Å². The SMILES string of the molecule is C[C@@H]1C[C@H]2[C@@H]3CCC4=CC(=O)C=C[C@]4(C)[C@@]3(F)[C@@H](O)C[C@]2(C)[C@@]1(O)C(=O)COP(=O)(O)Oc1ccc(NC(=O)OC(C)(C)C)c(-c2cc(NC(=O)OC(C)(C)C)ccc2O)c1. The number of rotatable bonds is 9. The molecule has 6 rings (SSSR count). The first-order chi connectivity index (χ1) is 28.0. The van der Waals surface area contributed by atoms with Crippen LogP contribution in [0.3, 0.4) is 0 Å². The molecule has 0 heterocycles. The molecule has 4 aliphatic rings. The number of aliphatic hydroxyl groups excluding tert-OH is 1. The number of carbonyl (C=O) groups is 4. The van der Waals surface area contributed by atoms with Gasteiger partial charge in [0.2, 0.25) is 0 Å². The molecule has 15 nitrogen and oxygen atoms in total. The monoisotopic (exact) mass is 870 g/mol. The average Bonchev–Trinajstić information content (AvgIpc) is 3.32. The summed E-state index contributed by atoms with van der Waals surface area (Å²) in [5.41, 5.74) is -7.80. The number of phosphoric ester groups is 1. The van der Waals surface area contributed by atoms with E-state index < -0.39 is 89.6 Å². The van der Waals surface area contributed by atoms with E-state index in [1.807, 2.05) is 0 Å². The number of halogens is 1. The van der Waals surface area contributed by atoms with Crippen molar-refractivity contribution in [2.75, 3.05) is 17.2 Å². The number of alkyl halides is 1. The lowest BCUT2D eigenvalue weighted by molar-refractivity contribution is -0.219. The first kappa shape index (κ1) is 45.9. The van der Waals surface area contributed by atoms with Crippen molar-refractivity contribution in [1.29, 1.82) is 0 Å². The number of hydrogen-bond donors (Lipinski definition) is 6. The fourth-order valence-corrected chi connectivity index (χ4v) is 10.8. The zero-order chi connectivity index (χ0) is 45.3. The molecule has 2 amide bonds. The summed E-state index contributed by atoms with van der Waals surface area (Å²) in [5.74, 6) is -3.96. The van der Waals surface area contributed by atoms with E-state index in [4.69, 9.17) is 18.5 Å². The van der Waals surface area contributed by atoms with Gasteiger partial charge in [-0.2, -0.15) is 0 Å². The van der Waals surface area contributed by atoms with Crippen molar-refractivity contribution in [2.24, 2.45) is 28.6 Å². The number of nitrogens with one attached hydrogen (secondary N) is 2. The van der Waals surface area contributed by atoms with E-state index in [1.54, 1.807) is 62.3 Å². The summed E-state index contributed by atoms with van der Waals surface area (Å²) in [7, 11) is -5.17. The second kappa shape index (κ2) is 15.6. The fourth-order valence-electron chi connectivity index (χ4n) is 10.1. The highest BCUT2D eigenvalue weighted by Crippen LogP contribution is 2.71. The van der Waals surface area contributed by atoms with Crippen molar-refractivity contribution in [3.05, 3.63) is 60.2 Å². The van der Waals surface area contributed by atoms with Crippen LogP contribution in [-0.4, -0.2) is 79.1 Å². The zero-order valence-corrected chi connectivity index (χ0v) is 36.7. The van der Waals surface area contributed by atoms with Crippen LogP contribution in [-0.2, 0) is 28.2 Å². The predicted octanol–water partition coefficient (Wildman–Crippen LogP) is 8.17. The molecule has 332 valence electrons. The molecule has 3 saturated carbocycles. The third-order valence-corrected chi connectivity index (χ3v) is 13.7. The molecule has 0 bridgehead atoms. The molecule has 3 fully saturated rings. The highest BCUT2D eigenvalue weighted by atomic mass is 31.2. The Kier molecular flexibility index (Phi) is 11.8. The number of ketones is 2. The van der Waals surface area contributed by atoms with Gasteiger partial charge in [-0.05, 0) is 135 Å². The minimum atomic E-state index is -5.17. The molecule has 2 aromatic rings. The van der Waals surface area contributed by atoms with Gasteiger partial charge in [0.05, 0.1) is 11.8 Å². The highest BCUT2D eigenvalue weighted by Gasteiger charge is 2.75. The number of fused-ring (bicyclic) bond motifs is 5. The van der Waals surface area contributed by atoms with Crippen LogP contribution in [0.25, 0.3) is 11.1 Å². The van der Waals surface area contributed by atoms with E-state index in [0.717, 1.165) is 0 Å². The number of aliphatic hydroxyl groups is 2. The minimum absolute atomic E-state index is 0.0355. The summed E-state index contributed by atoms with van der Waals surface area (Å²) in [4.78, 5) is 62.6. The van der Waals surface area contributed by atoms with Crippen LogP contribution in [0, 0.1) is 28.6 Å². The molecule has 0 aliphatic heterocycles. The second-order valence-electron chi connectivity index (χ2n) is 19.1. The maximum Gasteiger partial charge on any atom is 0.527 e. The van der Waals surface area contributed by atoms with Gasteiger partial charge in [-0.3, -0.25) is 29.6 Å². The van der Waals surface area contributed by atoms with Gasteiger partial charge in [0.25, 0.3) is 0 Å². The van der Waals surface area contributed by atoms with E-state index in [2.05, 4.69) is 10.6 Å². The standard InChI is InChI=1S/C44H56FN2O13P/c1-24-18-32-31-13-10-25-19-27(48)16-17-41(25,8)43(31,45)35(50)22-42(32,9)44(24,54)36(51)23-57-61(55,56)60-28-12-14-33(47-38(53)59-40(5,6)7)29(21-28)30-20-26(11-15-34(30)49)46-37(52)58-39(2,3)4/h11-12,14-17,19-21,24,31-32,35,49-50,54H,10,13,18,22-23H2,1-9H3,(H,46,52)(H,47,53)(H,55,56)/t24-,31+,32+,35+,41+,42+,43+,44+/m1/s1. The van der Waals surface area contributed by atoms with Crippen LogP contribution >= 0.6 is 7.82 Å². The van der Waals surface area contributed by atoms with Crippen LogP contribution in [0.5, 0.6) is 11.5 Å². The molecule has 1 unspecified atom stereocenters. The average molecular weight is 871 g/mol. The largest absolute Gasteiger partial charge is 0.527 e. The van der Waals surface area contributed by atoms with Gasteiger partial charge in [-0.1, -0.05) is 25.5 Å². The summed E-state index contributed by atoms with van der Waals surface area (Å²) in [6.45, 7) is 13.9. The molecule has 6 N–H and O–H groups in total. The number of amides is 2. The van der Waals surface area contributed by atoms with Gasteiger partial charge in [0.1, 0.15) is 34.9 Å². The van der Waals surface area contributed by atoms with Crippen molar-refractivity contribution < 1.29 is 66.9 Å². The summed E-state index contributed by atoms with van der Waals surface area (Å²) in [6.07, 6.45) is 1.56. The van der Waals surface area contributed by atoms with E-state index in [1.165, 1.54) is 54.6 Å². The molecule has 61 heavy (non-hydrogen) atoms. The number of anilines is 2. The van der Waals surface area contributed by atoms with Crippen LogP contribution in [0.15, 0.2) is 60.2 Å². The normalized spacial score (nSPS) is 31.7. The molecule has 4 aliphatic carbocycles. The number of phenols is 1. The van der Waals surface area contributed by atoms with Gasteiger partial charge < -0.3 is 29.3 Å². The van der Waals surface area contributed by atoms with Crippen LogP contribution in [0.4, 0.5) is 25.4 Å². The number of phosphoric acid groups is 1. The van der Waals surface area contributed by atoms with Crippen molar-refractivity contribution in [3.63, 3.8) is 0 Å². The van der Waals surface area contributed by atoms with E-state index in [0.29, 0.717) is 12.0 Å². The van der Waals surface area contributed by atoms with Crippen LogP contribution < -0.4 is 15.2 Å². The Morgan fingerprint density at radius 3 is 2.23 bits per heavy atom. The molecule has 0 spiro atoms. The first-order valence-corrected chi connectivity index (χ1v) is 21.7. The summed E-state index contributed by atoms with van der Waals surface area (Å²) in [5, 5.41) is 40.1. The third-order valence-electron chi connectivity index (χ3n) is 12.8. The zero-order valence-electron chi connectivity index (χ0n) is 35.8. The highest BCUT2D eigenvalue weighted by molar-refractivity contribution is 7.47. The Morgan fingerprint density at radius 1 is 0.951 bits per heavy atom. The minimum Gasteiger partial charge on any atom is -0.507 e. The molecular formula is C44H56FN2O13P. The van der Waals surface area contributed by atoms with E-state index >= 15 is 4.39 Å². The molecule has 9 atom stereocenters. The van der Waals surface area contributed by atoms with Crippen LogP contribution in [0.1, 0.15) is 88.0 Å². The number of aromatic hydroxyl groups is 1. The number of Topliss-reactive ketones (excluding diaryl/α,β-unsaturated/α-hetero) is 1. The van der Waals surface area contributed by atoms with Gasteiger partial charge >= 0.3 is 20.0 Å². The molecule has 0 saturated heterocycles. The topological polar surface area (TPSA) is 227 Å². The van der Waals surface area contributed by atoms with Gasteiger partial charge in [-0.25, -0.2) is 18.5 Å². The Bertz CT molecular complexity index is 2250. The van der Waals surface area contributed by atoms with Crippen molar-refractivity contribution in [3.8, 4) is 22.6 Å². The van der Waals surface area contributed by atoms with Gasteiger partial charge in [-0.15, -0.1) is 0 Å². The smallest absolute Gasteiger partial charge is 0.507 e. The number of ether oxygens (including phenoxy) is 2. The first-order valence-electron chi connectivity index (χ1n) is 20.2. The Hall–Kier alpha value is -4.60. The number of allylic oxidation sites excluding steroid dienone is 4. The van der Waals surface area contributed by atoms with Gasteiger partial charge in [0, 0.05) is 33.6 Å². The quantitative estimate of drug-likeness (QED) is 0.103. The lowest BCUT2D eigenvalue weighted by Crippen LogP contribution is -2.69. The molecule has 17 heteroatoms. The summed E-state index contributed by atoms with van der Waals surface area (Å²) >= 11 is 0. The molecule has 2 aromatic carbocycles. The maximum absolute atomic E-state index is 17.6. The second-order valence-corrected chi connectivity index (χ2v) is 20.5. The summed E-state index contributed by atoms with van der Waals surface area (Å²) in [6, 6.07) is 7.78. The van der Waals surface area contributed by atoms with E-state index in [9.17, 15) is 44.0 Å². The fraction of sp³-hybridized carbons (Fsp3) is 0.545. The maximum atomic E-state index is 17.6. The number of carbonyl (C=O) groups excluding carboxylic acids is 4. The summed E-state index contributed by atoms with van der Waals surface area (Å²) < 4.78 is 52.4. The molecule has 0 radical (unpaired) electrons. The lowest BCUT2D eigenvalue weighted by atomic mass is 9.44. The number of hydrogen-bond acceptors (Lipinski definition) is 12. The number of phenolic OH excluding ortho intramolecular Hbond substituents is 1. The molecular weight excluding hydrogens is 814 g/mol. The predicted molar refractivity (Wildman–Crippen MR) is 223 cm³/mol. The Morgan fingerprint density at radius 2 is 1.59 bits per heavy atom. The Balaban J connectivity index is 1.24. The van der Waals surface area contributed by atoms with Gasteiger partial charge in [0.15, 0.2) is 17.2 Å². The number of benzene rings is 2. The van der Waals surface area contributed by atoms with Crippen molar-refractivity contribution >= 4 is 43.0 Å². The lowest BCUT2D eigenvalue weighted by Gasteiger charge is -2.62. The van der Waals surface area contributed by atoms with Crippen LogP contribution in [0.2, 0.25) is 0 Å².